The fraction of sp³-hybridized carbons (Fsp3) is 0.417. The van der Waals surface area contributed by atoms with Gasteiger partial charge in [-0.25, -0.2) is 0 Å². The molecule has 4 heteroatoms. The molecule has 1 N–H and O–H groups in total. The maximum atomic E-state index is 12.2. The molecular weight excluding hydrogens is 268 g/mol. The van der Waals surface area contributed by atoms with Gasteiger partial charge in [0.2, 0.25) is 0 Å². The summed E-state index contributed by atoms with van der Waals surface area (Å²) in [7, 11) is 2.17. The van der Waals surface area contributed by atoms with Crippen LogP contribution in [0, 0.1) is 0 Å². The fourth-order valence-corrected chi connectivity index (χ4v) is 2.35. The van der Waals surface area contributed by atoms with Crippen LogP contribution in [0.5, 0.6) is 0 Å². The van der Waals surface area contributed by atoms with E-state index in [1.807, 2.05) is 29.2 Å². The van der Waals surface area contributed by atoms with E-state index in [0.29, 0.717) is 0 Å². The van der Waals surface area contributed by atoms with Gasteiger partial charge in [-0.3, -0.25) is 4.79 Å². The maximum absolute atomic E-state index is 12.2. The van der Waals surface area contributed by atoms with Crippen molar-refractivity contribution in [3.63, 3.8) is 0 Å². The van der Waals surface area contributed by atoms with Crippen molar-refractivity contribution in [2.24, 2.45) is 0 Å². The quantitative estimate of drug-likeness (QED) is 0.794. The molecule has 1 aromatic rings. The van der Waals surface area contributed by atoms with Crippen molar-refractivity contribution >= 4 is 21.8 Å². The average Bonchev–Trinajstić information content (AvgIpc) is 2.30. The summed E-state index contributed by atoms with van der Waals surface area (Å²) in [4.78, 5) is 15.6. The van der Waals surface area contributed by atoms with E-state index in [0.717, 1.165) is 36.2 Å². The van der Waals surface area contributed by atoms with E-state index in [4.69, 9.17) is 0 Å². The van der Waals surface area contributed by atoms with Crippen molar-refractivity contribution in [1.29, 1.82) is 0 Å². The molecule has 1 aromatic carbocycles. The van der Waals surface area contributed by atoms with Crippen LogP contribution in [0.1, 0.15) is 10.4 Å². The first kappa shape index (κ1) is 11.6. The van der Waals surface area contributed by atoms with Gasteiger partial charge in [0.05, 0.1) is 38.8 Å². The zero-order valence-electron chi connectivity index (χ0n) is 9.37. The molecule has 1 fully saturated rings. The zero-order valence-corrected chi connectivity index (χ0v) is 11.0. The van der Waals surface area contributed by atoms with Crippen molar-refractivity contribution in [3.8, 4) is 0 Å². The smallest absolute Gasteiger partial charge is 0.255 e. The molecule has 1 heterocycles. The Kier molecular flexibility index (Phi) is 3.61. The largest absolute Gasteiger partial charge is 0.334 e. The SMILES string of the molecule is C[NH+]1CCN(C(=O)c2ccccc2Br)CC1. The van der Waals surface area contributed by atoms with Gasteiger partial charge in [-0.15, -0.1) is 0 Å². The molecule has 0 bridgehead atoms. The summed E-state index contributed by atoms with van der Waals surface area (Å²) < 4.78 is 0.881. The Morgan fingerprint density at radius 1 is 1.31 bits per heavy atom. The van der Waals surface area contributed by atoms with E-state index in [-0.39, 0.29) is 5.91 Å². The Balaban J connectivity index is 2.11. The number of carbonyl (C=O) groups is 1. The second-order valence-corrected chi connectivity index (χ2v) is 5.08. The number of hydrogen-bond donors (Lipinski definition) is 1. The Morgan fingerprint density at radius 3 is 2.56 bits per heavy atom. The summed E-state index contributed by atoms with van der Waals surface area (Å²) in [6.07, 6.45) is 0. The molecule has 3 nitrogen and oxygen atoms in total. The molecule has 0 atom stereocenters. The Hall–Kier alpha value is -0.870. The molecule has 1 aliphatic rings. The molecule has 0 aromatic heterocycles. The van der Waals surface area contributed by atoms with Crippen LogP contribution in [0.4, 0.5) is 0 Å². The third kappa shape index (κ3) is 2.44. The number of nitrogens with one attached hydrogen (secondary N) is 1. The Labute approximate surface area is 104 Å². The highest BCUT2D eigenvalue weighted by Gasteiger charge is 2.23. The highest BCUT2D eigenvalue weighted by atomic mass is 79.9. The number of quaternary nitrogens is 1. The number of amides is 1. The van der Waals surface area contributed by atoms with Crippen LogP contribution >= 0.6 is 15.9 Å². The molecule has 2 rings (SSSR count). The maximum Gasteiger partial charge on any atom is 0.255 e. The highest BCUT2D eigenvalue weighted by Crippen LogP contribution is 2.17. The third-order valence-electron chi connectivity index (χ3n) is 3.01. The second kappa shape index (κ2) is 4.97. The predicted molar refractivity (Wildman–Crippen MR) is 66.7 cm³/mol. The van der Waals surface area contributed by atoms with Crippen molar-refractivity contribution in [2.75, 3.05) is 33.2 Å². The summed E-state index contributed by atoms with van der Waals surface area (Å²) in [5.74, 6) is 0.139. The van der Waals surface area contributed by atoms with E-state index < -0.39 is 0 Å². The van der Waals surface area contributed by atoms with Gasteiger partial charge in [0.1, 0.15) is 0 Å². The monoisotopic (exact) mass is 283 g/mol. The van der Waals surface area contributed by atoms with E-state index in [2.05, 4.69) is 23.0 Å². The number of nitrogens with zero attached hydrogens (tertiary/aromatic N) is 1. The minimum Gasteiger partial charge on any atom is -0.334 e. The molecule has 0 radical (unpaired) electrons. The van der Waals surface area contributed by atoms with Crippen molar-refractivity contribution < 1.29 is 9.69 Å². The van der Waals surface area contributed by atoms with Gasteiger partial charge in [0.15, 0.2) is 0 Å². The lowest BCUT2D eigenvalue weighted by atomic mass is 10.2. The van der Waals surface area contributed by atoms with E-state index in [1.165, 1.54) is 4.90 Å². The first-order chi connectivity index (χ1) is 7.68. The molecule has 0 unspecified atom stereocenters. The number of likely N-dealkylation sites (N-methyl/N-ethyl adjacent to an activating group) is 1. The van der Waals surface area contributed by atoms with Crippen molar-refractivity contribution in [1.82, 2.24) is 4.90 Å². The molecule has 1 amide bonds. The number of hydrogen-bond acceptors (Lipinski definition) is 1. The number of benzene rings is 1. The van der Waals surface area contributed by atoms with E-state index >= 15 is 0 Å². The predicted octanol–water partition coefficient (Wildman–Crippen LogP) is 0.420. The molecular formula is C12H16BrN2O+. The summed E-state index contributed by atoms with van der Waals surface area (Å²) >= 11 is 3.42. The van der Waals surface area contributed by atoms with Crippen molar-refractivity contribution in [3.05, 3.63) is 34.3 Å². The summed E-state index contributed by atoms with van der Waals surface area (Å²) in [5, 5.41) is 0. The van der Waals surface area contributed by atoms with Gasteiger partial charge in [-0.05, 0) is 28.1 Å². The van der Waals surface area contributed by atoms with Crippen LogP contribution in [0.25, 0.3) is 0 Å². The van der Waals surface area contributed by atoms with Crippen LogP contribution in [0.2, 0.25) is 0 Å². The lowest BCUT2D eigenvalue weighted by Gasteiger charge is -2.30. The van der Waals surface area contributed by atoms with Crippen LogP contribution in [0.3, 0.4) is 0 Å². The zero-order chi connectivity index (χ0) is 11.5. The van der Waals surface area contributed by atoms with E-state index in [1.54, 1.807) is 0 Å². The minimum atomic E-state index is 0.139. The summed E-state index contributed by atoms with van der Waals surface area (Å²) in [6, 6.07) is 7.61. The van der Waals surface area contributed by atoms with Gasteiger partial charge < -0.3 is 9.80 Å². The van der Waals surface area contributed by atoms with E-state index in [9.17, 15) is 4.79 Å². The molecule has 1 aliphatic heterocycles. The normalized spacial score (nSPS) is 17.5. The van der Waals surface area contributed by atoms with Crippen LogP contribution in [-0.4, -0.2) is 44.0 Å². The summed E-state index contributed by atoms with van der Waals surface area (Å²) in [5.41, 5.74) is 0.766. The second-order valence-electron chi connectivity index (χ2n) is 4.23. The third-order valence-corrected chi connectivity index (χ3v) is 3.70. The number of piperazine rings is 1. The Morgan fingerprint density at radius 2 is 1.94 bits per heavy atom. The van der Waals surface area contributed by atoms with Gasteiger partial charge in [-0.1, -0.05) is 12.1 Å². The van der Waals surface area contributed by atoms with Gasteiger partial charge in [0.25, 0.3) is 5.91 Å². The first-order valence-electron chi connectivity index (χ1n) is 5.53. The standard InChI is InChI=1S/C12H15BrN2O/c1-14-6-8-15(9-7-14)12(16)10-4-2-3-5-11(10)13/h2-5H,6-9H2,1H3/p+1. The average molecular weight is 284 g/mol. The highest BCUT2D eigenvalue weighted by molar-refractivity contribution is 9.10. The van der Waals surface area contributed by atoms with Crippen LogP contribution < -0.4 is 4.90 Å². The van der Waals surface area contributed by atoms with Crippen LogP contribution in [0.15, 0.2) is 28.7 Å². The number of rotatable bonds is 1. The Bertz CT molecular complexity index is 386. The molecule has 0 saturated carbocycles. The van der Waals surface area contributed by atoms with Gasteiger partial charge in [-0.2, -0.15) is 0 Å². The molecule has 16 heavy (non-hydrogen) atoms. The molecule has 86 valence electrons. The molecule has 0 aliphatic carbocycles. The topological polar surface area (TPSA) is 24.8 Å². The molecule has 1 saturated heterocycles. The van der Waals surface area contributed by atoms with Gasteiger partial charge >= 0.3 is 0 Å². The van der Waals surface area contributed by atoms with Gasteiger partial charge in [0, 0.05) is 4.47 Å². The number of halogens is 1. The van der Waals surface area contributed by atoms with Crippen LogP contribution in [-0.2, 0) is 0 Å². The fourth-order valence-electron chi connectivity index (χ4n) is 1.90. The number of carbonyl (C=O) groups excluding carboxylic acids is 1. The first-order valence-corrected chi connectivity index (χ1v) is 6.33. The molecule has 0 spiro atoms. The lowest BCUT2D eigenvalue weighted by molar-refractivity contribution is -0.883. The summed E-state index contributed by atoms with van der Waals surface area (Å²) in [6.45, 7) is 3.78. The van der Waals surface area contributed by atoms with Crippen molar-refractivity contribution in [2.45, 2.75) is 0 Å². The lowest BCUT2D eigenvalue weighted by Crippen LogP contribution is -3.12. The minimum absolute atomic E-state index is 0.139.